The van der Waals surface area contributed by atoms with E-state index in [0.717, 1.165) is 19.0 Å². The molecule has 1 aromatic rings. The van der Waals surface area contributed by atoms with Crippen molar-refractivity contribution in [3.05, 3.63) is 30.1 Å². The van der Waals surface area contributed by atoms with E-state index in [4.69, 9.17) is 0 Å². The summed E-state index contributed by atoms with van der Waals surface area (Å²) < 4.78 is 0. The lowest BCUT2D eigenvalue weighted by Crippen LogP contribution is -2.52. The number of rotatable bonds is 6. The Bertz CT molecular complexity index is 379. The second kappa shape index (κ2) is 7.75. The number of nitrogens with zero attached hydrogens (tertiary/aromatic N) is 2. The summed E-state index contributed by atoms with van der Waals surface area (Å²) in [6.45, 7) is 6.77. The van der Waals surface area contributed by atoms with Gasteiger partial charge in [0.2, 0.25) is 0 Å². The van der Waals surface area contributed by atoms with Gasteiger partial charge >= 0.3 is 0 Å². The molecule has 0 aromatic carbocycles. The molecular formula is C17H29N3. The molecule has 20 heavy (non-hydrogen) atoms. The zero-order valence-corrected chi connectivity index (χ0v) is 13.2. The predicted octanol–water partition coefficient (Wildman–Crippen LogP) is 3.07. The van der Waals surface area contributed by atoms with Crippen LogP contribution in [-0.2, 0) is 6.54 Å². The number of likely N-dealkylation sites (N-methyl/N-ethyl adjacent to an activating group) is 2. The van der Waals surface area contributed by atoms with Gasteiger partial charge in [0.1, 0.15) is 0 Å². The first-order valence-electron chi connectivity index (χ1n) is 8.08. The van der Waals surface area contributed by atoms with Crippen molar-refractivity contribution < 1.29 is 0 Å². The number of pyridine rings is 1. The molecule has 1 aliphatic carbocycles. The summed E-state index contributed by atoms with van der Waals surface area (Å²) in [5.74, 6) is 0.899. The van der Waals surface area contributed by atoms with Crippen LogP contribution in [0.4, 0.5) is 0 Å². The van der Waals surface area contributed by atoms with Gasteiger partial charge in [-0.2, -0.15) is 0 Å². The van der Waals surface area contributed by atoms with Crippen LogP contribution in [0.3, 0.4) is 0 Å². The number of hydrogen-bond donors (Lipinski definition) is 1. The lowest BCUT2D eigenvalue weighted by Gasteiger charge is -2.42. The molecular weight excluding hydrogens is 246 g/mol. The summed E-state index contributed by atoms with van der Waals surface area (Å²) in [4.78, 5) is 6.75. The molecule has 2 rings (SSSR count). The van der Waals surface area contributed by atoms with Crippen LogP contribution in [0.5, 0.6) is 0 Å². The van der Waals surface area contributed by atoms with Crippen molar-refractivity contribution in [3.8, 4) is 0 Å². The van der Waals surface area contributed by atoms with Crippen LogP contribution in [0.1, 0.15) is 45.1 Å². The Morgan fingerprint density at radius 1 is 1.25 bits per heavy atom. The van der Waals surface area contributed by atoms with Crippen molar-refractivity contribution in [2.24, 2.45) is 5.92 Å². The van der Waals surface area contributed by atoms with Gasteiger partial charge in [-0.05, 0) is 56.5 Å². The van der Waals surface area contributed by atoms with Crippen LogP contribution in [0, 0.1) is 5.92 Å². The molecule has 1 aromatic heterocycles. The quantitative estimate of drug-likeness (QED) is 0.865. The highest BCUT2D eigenvalue weighted by molar-refractivity contribution is 5.10. The molecule has 112 valence electrons. The monoisotopic (exact) mass is 275 g/mol. The Morgan fingerprint density at radius 3 is 2.60 bits per heavy atom. The maximum atomic E-state index is 4.12. The highest BCUT2D eigenvalue weighted by Crippen LogP contribution is 2.30. The molecule has 3 nitrogen and oxygen atoms in total. The Hall–Kier alpha value is -0.930. The number of nitrogens with one attached hydrogen (secondary N) is 1. The minimum Gasteiger partial charge on any atom is -0.315 e. The highest BCUT2D eigenvalue weighted by Gasteiger charge is 2.32. The van der Waals surface area contributed by atoms with Gasteiger partial charge in [-0.3, -0.25) is 9.88 Å². The molecule has 0 amide bonds. The summed E-state index contributed by atoms with van der Waals surface area (Å²) in [7, 11) is 2.12. The molecule has 3 heteroatoms. The van der Waals surface area contributed by atoms with E-state index in [9.17, 15) is 0 Å². The molecule has 0 radical (unpaired) electrons. The molecule has 1 N–H and O–H groups in total. The Kier molecular flexibility index (Phi) is 5.99. The van der Waals surface area contributed by atoms with Crippen molar-refractivity contribution in [1.82, 2.24) is 15.2 Å². The first-order chi connectivity index (χ1) is 9.78. The topological polar surface area (TPSA) is 28.2 Å². The molecule has 0 aliphatic heterocycles. The fraction of sp³-hybridized carbons (Fsp3) is 0.706. The van der Waals surface area contributed by atoms with Gasteiger partial charge in [-0.1, -0.05) is 20.3 Å². The van der Waals surface area contributed by atoms with Gasteiger partial charge in [-0.15, -0.1) is 0 Å². The number of aromatic nitrogens is 1. The Labute approximate surface area is 123 Å². The molecule has 3 atom stereocenters. The maximum Gasteiger partial charge on any atom is 0.0271 e. The zero-order valence-electron chi connectivity index (χ0n) is 13.2. The second-order valence-corrected chi connectivity index (χ2v) is 5.97. The highest BCUT2D eigenvalue weighted by atomic mass is 15.2. The van der Waals surface area contributed by atoms with Gasteiger partial charge in [0.15, 0.2) is 0 Å². The van der Waals surface area contributed by atoms with E-state index in [1.807, 2.05) is 12.4 Å². The summed E-state index contributed by atoms with van der Waals surface area (Å²) in [5.41, 5.74) is 1.37. The van der Waals surface area contributed by atoms with E-state index >= 15 is 0 Å². The van der Waals surface area contributed by atoms with E-state index in [1.54, 1.807) is 0 Å². The lowest BCUT2D eigenvalue weighted by atomic mass is 9.80. The third-order valence-electron chi connectivity index (χ3n) is 4.88. The molecule has 0 bridgehead atoms. The van der Waals surface area contributed by atoms with Crippen LogP contribution in [0.15, 0.2) is 24.5 Å². The first-order valence-corrected chi connectivity index (χ1v) is 8.08. The standard InChI is InChI=1S/C17H29N3/c1-4-14-6-7-16(18-3)17(12-14)20(5-2)13-15-8-10-19-11-9-15/h8-11,14,16-18H,4-7,12-13H2,1-3H3. The third kappa shape index (κ3) is 3.80. The van der Waals surface area contributed by atoms with E-state index in [2.05, 4.69) is 48.2 Å². The minimum absolute atomic E-state index is 0.639. The molecule has 0 saturated heterocycles. The largest absolute Gasteiger partial charge is 0.315 e. The average Bonchev–Trinajstić information content (AvgIpc) is 2.53. The second-order valence-electron chi connectivity index (χ2n) is 5.97. The summed E-state index contributed by atoms with van der Waals surface area (Å²) in [6.07, 6.45) is 9.14. The summed E-state index contributed by atoms with van der Waals surface area (Å²) in [5, 5.41) is 3.55. The maximum absolute atomic E-state index is 4.12. The Balaban J connectivity index is 2.07. The fourth-order valence-electron chi connectivity index (χ4n) is 3.53. The van der Waals surface area contributed by atoms with Gasteiger partial charge in [0.25, 0.3) is 0 Å². The van der Waals surface area contributed by atoms with E-state index in [0.29, 0.717) is 12.1 Å². The van der Waals surface area contributed by atoms with E-state index in [-0.39, 0.29) is 0 Å². The van der Waals surface area contributed by atoms with Crippen LogP contribution in [-0.4, -0.2) is 35.6 Å². The SMILES string of the molecule is CCC1CCC(NC)C(N(CC)Cc2ccncc2)C1. The smallest absolute Gasteiger partial charge is 0.0271 e. The van der Waals surface area contributed by atoms with Crippen LogP contribution < -0.4 is 5.32 Å². The van der Waals surface area contributed by atoms with Crippen molar-refractivity contribution in [2.45, 2.75) is 58.2 Å². The summed E-state index contributed by atoms with van der Waals surface area (Å²) >= 11 is 0. The normalized spacial score (nSPS) is 26.9. The molecule has 1 aliphatic rings. The number of hydrogen-bond acceptors (Lipinski definition) is 3. The van der Waals surface area contributed by atoms with Crippen LogP contribution in [0.2, 0.25) is 0 Å². The predicted molar refractivity (Wildman–Crippen MR) is 84.6 cm³/mol. The van der Waals surface area contributed by atoms with E-state index < -0.39 is 0 Å². The summed E-state index contributed by atoms with van der Waals surface area (Å²) in [6, 6.07) is 5.57. The van der Waals surface area contributed by atoms with Gasteiger partial charge in [0, 0.05) is 31.0 Å². The van der Waals surface area contributed by atoms with Gasteiger partial charge in [0.05, 0.1) is 0 Å². The third-order valence-corrected chi connectivity index (χ3v) is 4.88. The van der Waals surface area contributed by atoms with Crippen molar-refractivity contribution in [1.29, 1.82) is 0 Å². The average molecular weight is 275 g/mol. The molecule has 3 unspecified atom stereocenters. The van der Waals surface area contributed by atoms with Gasteiger partial charge < -0.3 is 5.32 Å². The van der Waals surface area contributed by atoms with Crippen LogP contribution >= 0.6 is 0 Å². The Morgan fingerprint density at radius 2 is 2.00 bits per heavy atom. The van der Waals surface area contributed by atoms with Crippen molar-refractivity contribution in [3.63, 3.8) is 0 Å². The molecule has 0 spiro atoms. The van der Waals surface area contributed by atoms with Crippen molar-refractivity contribution in [2.75, 3.05) is 13.6 Å². The van der Waals surface area contributed by atoms with Gasteiger partial charge in [-0.25, -0.2) is 0 Å². The van der Waals surface area contributed by atoms with E-state index in [1.165, 1.54) is 31.2 Å². The first kappa shape index (κ1) is 15.5. The molecule has 1 heterocycles. The van der Waals surface area contributed by atoms with Crippen molar-refractivity contribution >= 4 is 0 Å². The fourth-order valence-corrected chi connectivity index (χ4v) is 3.53. The molecule has 1 saturated carbocycles. The molecule has 1 fully saturated rings. The lowest BCUT2D eigenvalue weighted by molar-refractivity contribution is 0.0968. The minimum atomic E-state index is 0.639. The zero-order chi connectivity index (χ0) is 14.4. The van der Waals surface area contributed by atoms with Crippen LogP contribution in [0.25, 0.3) is 0 Å².